The zero-order valence-corrected chi connectivity index (χ0v) is 23.5. The number of nitrogens with two attached hydrogens (primary N) is 1. The standard InChI is InChI=1S/C27H21N5O9S2/c1-13-8-14-9-16(42(36,37)38)11-19(28)24(14)27(35)25(13)32-29-15-6-7-17-18(10-15)23(43(39,40)41)12-21(26(17)34)31-30-20-4-2-3-5-22(20)33/h2-12,33-35H,28H2,1H3,(H,36,37,38)(H,39,40,41). The summed E-state index contributed by atoms with van der Waals surface area (Å²) in [6, 6.07) is 14.4. The van der Waals surface area contributed by atoms with E-state index in [1.807, 2.05) is 0 Å². The van der Waals surface area contributed by atoms with Gasteiger partial charge in [-0.25, -0.2) is 0 Å². The molecule has 0 aliphatic heterocycles. The van der Waals surface area contributed by atoms with Crippen LogP contribution in [0.4, 0.5) is 28.4 Å². The molecule has 0 aliphatic rings. The van der Waals surface area contributed by atoms with Crippen molar-refractivity contribution in [1.82, 2.24) is 0 Å². The smallest absolute Gasteiger partial charge is 0.295 e. The van der Waals surface area contributed by atoms with Gasteiger partial charge in [-0.2, -0.15) is 21.9 Å². The quantitative estimate of drug-likeness (QED) is 0.0697. The molecule has 5 rings (SSSR count). The summed E-state index contributed by atoms with van der Waals surface area (Å²) in [5.41, 5.74) is 5.95. The lowest BCUT2D eigenvalue weighted by molar-refractivity contribution is 0.475. The molecule has 0 atom stereocenters. The monoisotopic (exact) mass is 623 g/mol. The molecule has 5 aromatic rings. The van der Waals surface area contributed by atoms with Crippen molar-refractivity contribution in [3.8, 4) is 17.2 Å². The van der Waals surface area contributed by atoms with E-state index in [4.69, 9.17) is 5.73 Å². The number of fused-ring (bicyclic) bond motifs is 2. The molecule has 5 aromatic carbocycles. The van der Waals surface area contributed by atoms with Crippen molar-refractivity contribution in [3.05, 3.63) is 72.3 Å². The number of hydrogen-bond acceptors (Lipinski definition) is 12. The Hall–Kier alpha value is -5.16. The zero-order valence-electron chi connectivity index (χ0n) is 21.9. The van der Waals surface area contributed by atoms with Crippen molar-refractivity contribution in [1.29, 1.82) is 0 Å². The number of aryl methyl sites for hydroxylation is 1. The third-order valence-corrected chi connectivity index (χ3v) is 8.13. The average Bonchev–Trinajstić information content (AvgIpc) is 2.91. The highest BCUT2D eigenvalue weighted by Gasteiger charge is 2.21. The normalized spacial score (nSPS) is 12.6. The molecular formula is C27H21N5O9S2. The number of aromatic hydroxyl groups is 3. The van der Waals surface area contributed by atoms with Crippen LogP contribution in [0.15, 0.2) is 97.0 Å². The molecule has 7 N–H and O–H groups in total. The minimum Gasteiger partial charge on any atom is -0.506 e. The van der Waals surface area contributed by atoms with Gasteiger partial charge >= 0.3 is 0 Å². The maximum absolute atomic E-state index is 12.3. The Balaban J connectivity index is 1.60. The highest BCUT2D eigenvalue weighted by atomic mass is 32.2. The number of nitrogens with zero attached hydrogens (tertiary/aromatic N) is 4. The summed E-state index contributed by atoms with van der Waals surface area (Å²) in [7, 11) is -9.41. The van der Waals surface area contributed by atoms with Gasteiger partial charge in [0, 0.05) is 21.8 Å². The van der Waals surface area contributed by atoms with E-state index < -0.39 is 41.5 Å². The Bertz CT molecular complexity index is 2250. The van der Waals surface area contributed by atoms with Crippen molar-refractivity contribution in [3.63, 3.8) is 0 Å². The Labute approximate surface area is 243 Å². The number of rotatable bonds is 6. The summed E-state index contributed by atoms with van der Waals surface area (Å²) < 4.78 is 67.0. The van der Waals surface area contributed by atoms with Crippen molar-refractivity contribution in [2.24, 2.45) is 20.5 Å². The van der Waals surface area contributed by atoms with Crippen LogP contribution < -0.4 is 5.73 Å². The van der Waals surface area contributed by atoms with Crippen LogP contribution in [0.3, 0.4) is 0 Å². The number of benzene rings is 5. The van der Waals surface area contributed by atoms with Gasteiger partial charge in [0.05, 0.1) is 10.6 Å². The first-order valence-electron chi connectivity index (χ1n) is 12.1. The maximum atomic E-state index is 12.3. The number of phenolic OH excluding ortho intramolecular Hbond substituents is 3. The molecule has 0 amide bonds. The lowest BCUT2D eigenvalue weighted by atomic mass is 10.0. The van der Waals surface area contributed by atoms with Crippen molar-refractivity contribution in [2.45, 2.75) is 16.7 Å². The molecule has 0 radical (unpaired) electrons. The second-order valence-corrected chi connectivity index (χ2v) is 12.1. The highest BCUT2D eigenvalue weighted by molar-refractivity contribution is 7.86. The zero-order chi connectivity index (χ0) is 31.3. The second-order valence-electron chi connectivity index (χ2n) is 9.31. The fraction of sp³-hybridized carbons (Fsp3) is 0.0370. The van der Waals surface area contributed by atoms with E-state index in [2.05, 4.69) is 20.5 Å². The Morgan fingerprint density at radius 1 is 0.698 bits per heavy atom. The van der Waals surface area contributed by atoms with Gasteiger partial charge < -0.3 is 21.1 Å². The van der Waals surface area contributed by atoms with Crippen molar-refractivity contribution in [2.75, 3.05) is 5.73 Å². The number of para-hydroxylation sites is 1. The minimum atomic E-state index is -4.85. The van der Waals surface area contributed by atoms with Crippen molar-refractivity contribution >= 4 is 70.2 Å². The molecule has 0 aromatic heterocycles. The van der Waals surface area contributed by atoms with Gasteiger partial charge in [0.2, 0.25) is 0 Å². The van der Waals surface area contributed by atoms with Crippen LogP contribution in [0.25, 0.3) is 21.5 Å². The molecule has 0 unspecified atom stereocenters. The van der Waals surface area contributed by atoms with E-state index in [9.17, 15) is 41.3 Å². The van der Waals surface area contributed by atoms with E-state index >= 15 is 0 Å². The molecular weight excluding hydrogens is 602 g/mol. The molecule has 0 saturated carbocycles. The molecule has 0 saturated heterocycles. The summed E-state index contributed by atoms with van der Waals surface area (Å²) in [4.78, 5) is -1.07. The molecule has 14 nitrogen and oxygen atoms in total. The lowest BCUT2D eigenvalue weighted by Crippen LogP contribution is -2.00. The summed E-state index contributed by atoms with van der Waals surface area (Å²) in [6.07, 6.45) is 0. The summed E-state index contributed by atoms with van der Waals surface area (Å²) >= 11 is 0. The minimum absolute atomic E-state index is 0.0209. The van der Waals surface area contributed by atoms with Gasteiger partial charge in [0.25, 0.3) is 20.2 Å². The van der Waals surface area contributed by atoms with Crippen LogP contribution in [0.1, 0.15) is 5.56 Å². The third kappa shape index (κ3) is 5.67. The Morgan fingerprint density at radius 2 is 1.40 bits per heavy atom. The highest BCUT2D eigenvalue weighted by Crippen LogP contribution is 2.44. The first kappa shape index (κ1) is 29.3. The van der Waals surface area contributed by atoms with Crippen LogP contribution in [0.5, 0.6) is 17.2 Å². The van der Waals surface area contributed by atoms with Crippen LogP contribution >= 0.6 is 0 Å². The fourth-order valence-electron chi connectivity index (χ4n) is 4.40. The molecule has 0 spiro atoms. The van der Waals surface area contributed by atoms with Crippen LogP contribution in [-0.4, -0.2) is 41.3 Å². The van der Waals surface area contributed by atoms with E-state index in [-0.39, 0.29) is 55.7 Å². The summed E-state index contributed by atoms with van der Waals surface area (Å²) in [5.74, 6) is -1.09. The number of phenols is 3. The number of azo groups is 2. The van der Waals surface area contributed by atoms with E-state index in [1.54, 1.807) is 19.1 Å². The van der Waals surface area contributed by atoms with Crippen molar-refractivity contribution < 1.29 is 41.3 Å². The van der Waals surface area contributed by atoms with Gasteiger partial charge in [-0.1, -0.05) is 12.1 Å². The Kier molecular flexibility index (Phi) is 7.23. The third-order valence-electron chi connectivity index (χ3n) is 6.40. The van der Waals surface area contributed by atoms with E-state index in [0.29, 0.717) is 5.56 Å². The first-order chi connectivity index (χ1) is 20.1. The van der Waals surface area contributed by atoms with Gasteiger partial charge in [-0.05, 0) is 72.5 Å². The van der Waals surface area contributed by atoms with Gasteiger partial charge in [0.15, 0.2) is 11.5 Å². The van der Waals surface area contributed by atoms with Crippen LogP contribution in [0, 0.1) is 6.92 Å². The predicted octanol–water partition coefficient (Wildman–Crippen LogP) is 6.32. The van der Waals surface area contributed by atoms with Gasteiger partial charge in [0.1, 0.15) is 27.7 Å². The lowest BCUT2D eigenvalue weighted by Gasteiger charge is -2.11. The fourth-order valence-corrected chi connectivity index (χ4v) is 5.65. The molecule has 0 bridgehead atoms. The SMILES string of the molecule is Cc1cc2cc(S(=O)(=O)O)cc(N)c2c(O)c1N=Nc1ccc2c(O)c(N=Nc3ccccc3O)cc(S(=O)(=O)O)c2c1. The van der Waals surface area contributed by atoms with Crippen LogP contribution in [-0.2, 0) is 20.2 Å². The van der Waals surface area contributed by atoms with Crippen LogP contribution in [0.2, 0.25) is 0 Å². The molecule has 220 valence electrons. The molecule has 0 aliphatic carbocycles. The van der Waals surface area contributed by atoms with Gasteiger partial charge in [-0.3, -0.25) is 9.11 Å². The summed E-state index contributed by atoms with van der Waals surface area (Å²) in [6.45, 7) is 1.56. The Morgan fingerprint density at radius 3 is 2.07 bits per heavy atom. The molecule has 0 heterocycles. The molecule has 43 heavy (non-hydrogen) atoms. The number of anilines is 1. The van der Waals surface area contributed by atoms with E-state index in [0.717, 1.165) is 18.2 Å². The molecule has 0 fully saturated rings. The van der Waals surface area contributed by atoms with Gasteiger partial charge in [-0.15, -0.1) is 15.3 Å². The number of nitrogen functional groups attached to an aromatic ring is 1. The summed E-state index contributed by atoms with van der Waals surface area (Å²) in [5, 5.41) is 47.5. The van der Waals surface area contributed by atoms with E-state index in [1.165, 1.54) is 36.4 Å². The predicted molar refractivity (Wildman–Crippen MR) is 156 cm³/mol. The largest absolute Gasteiger partial charge is 0.506 e. The second kappa shape index (κ2) is 10.6. The molecule has 16 heteroatoms. The topological polar surface area (TPSA) is 245 Å². The first-order valence-corrected chi connectivity index (χ1v) is 14.9. The number of hydrogen-bond donors (Lipinski definition) is 6. The maximum Gasteiger partial charge on any atom is 0.295 e. The average molecular weight is 624 g/mol.